The average molecular weight is 564 g/mol. The first-order chi connectivity index (χ1) is 19.1. The van der Waals surface area contributed by atoms with Gasteiger partial charge in [0.25, 0.3) is 5.91 Å². The van der Waals surface area contributed by atoms with E-state index in [1.54, 1.807) is 18.2 Å². The van der Waals surface area contributed by atoms with Gasteiger partial charge in [0, 0.05) is 24.6 Å². The van der Waals surface area contributed by atoms with Crippen molar-refractivity contribution in [2.45, 2.75) is 44.7 Å². The summed E-state index contributed by atoms with van der Waals surface area (Å²) in [6, 6.07) is 20.7. The average Bonchev–Trinajstić information content (AvgIpc) is 3.14. The van der Waals surface area contributed by atoms with Crippen LogP contribution in [-0.2, 0) is 28.1 Å². The molecule has 0 bridgehead atoms. The molecule has 3 aromatic carbocycles. The molecule has 0 fully saturated rings. The molecule has 0 aliphatic carbocycles. The molecule has 1 aliphatic heterocycles. The zero-order valence-electron chi connectivity index (χ0n) is 22.5. The lowest BCUT2D eigenvalue weighted by Crippen LogP contribution is -2.40. The first kappa shape index (κ1) is 29.1. The number of fused-ring (bicyclic) bond motifs is 1. The van der Waals surface area contributed by atoms with Gasteiger partial charge >= 0.3 is 11.9 Å². The fourth-order valence-corrected chi connectivity index (χ4v) is 5.46. The van der Waals surface area contributed by atoms with Gasteiger partial charge < -0.3 is 26.2 Å². The van der Waals surface area contributed by atoms with Crippen molar-refractivity contribution in [2.24, 2.45) is 5.92 Å². The molecular formula is C31H34ClN3O5. The summed E-state index contributed by atoms with van der Waals surface area (Å²) in [5.74, 6) is -4.03. The van der Waals surface area contributed by atoms with Crippen molar-refractivity contribution in [3.05, 3.63) is 99.6 Å². The molecule has 2 unspecified atom stereocenters. The van der Waals surface area contributed by atoms with E-state index in [1.165, 1.54) is 0 Å². The van der Waals surface area contributed by atoms with Gasteiger partial charge in [-0.05, 0) is 67.3 Å². The highest BCUT2D eigenvalue weighted by atomic mass is 35.5. The van der Waals surface area contributed by atoms with E-state index in [9.17, 15) is 24.6 Å². The third kappa shape index (κ3) is 6.81. The highest BCUT2D eigenvalue weighted by Crippen LogP contribution is 2.38. The van der Waals surface area contributed by atoms with Gasteiger partial charge in [0.1, 0.15) is 0 Å². The Morgan fingerprint density at radius 1 is 1.02 bits per heavy atom. The molecule has 0 radical (unpaired) electrons. The van der Waals surface area contributed by atoms with Gasteiger partial charge in [-0.3, -0.25) is 14.4 Å². The molecule has 5 N–H and O–H groups in total. The SMILES string of the molecule is CC(C)(NC(=O)c1ccc(CNc2c(Cl)ccc3c2CCNCC3C(CC(=O)O)C(=O)O)cc1)c1ccccc1. The third-order valence-corrected chi connectivity index (χ3v) is 7.73. The molecule has 0 saturated carbocycles. The predicted molar refractivity (Wildman–Crippen MR) is 155 cm³/mol. The van der Waals surface area contributed by atoms with Crippen LogP contribution in [0.25, 0.3) is 0 Å². The van der Waals surface area contributed by atoms with Crippen LogP contribution in [0.5, 0.6) is 0 Å². The molecule has 210 valence electrons. The Balaban J connectivity index is 1.50. The summed E-state index contributed by atoms with van der Waals surface area (Å²) in [5.41, 5.74) is 4.35. The van der Waals surface area contributed by atoms with Crippen LogP contribution < -0.4 is 16.0 Å². The quantitative estimate of drug-likeness (QED) is 0.234. The molecule has 0 spiro atoms. The van der Waals surface area contributed by atoms with E-state index < -0.39 is 35.7 Å². The number of aliphatic carboxylic acids is 2. The topological polar surface area (TPSA) is 128 Å². The summed E-state index contributed by atoms with van der Waals surface area (Å²) in [6.45, 7) is 5.34. The molecule has 4 rings (SSSR count). The third-order valence-electron chi connectivity index (χ3n) is 7.42. The van der Waals surface area contributed by atoms with Crippen molar-refractivity contribution >= 4 is 35.1 Å². The number of halogens is 1. The van der Waals surface area contributed by atoms with Crippen LogP contribution in [0.4, 0.5) is 5.69 Å². The number of carboxylic acid groups (broad SMARTS) is 2. The van der Waals surface area contributed by atoms with Gasteiger partial charge in [0.15, 0.2) is 0 Å². The highest BCUT2D eigenvalue weighted by molar-refractivity contribution is 6.33. The number of carboxylic acids is 2. The second-order valence-corrected chi connectivity index (χ2v) is 11.0. The lowest BCUT2D eigenvalue weighted by Gasteiger charge is -2.27. The Bertz CT molecular complexity index is 1380. The van der Waals surface area contributed by atoms with Crippen LogP contribution in [0.3, 0.4) is 0 Å². The minimum atomic E-state index is -1.15. The van der Waals surface area contributed by atoms with Crippen LogP contribution in [-0.4, -0.2) is 41.1 Å². The monoisotopic (exact) mass is 563 g/mol. The first-order valence-electron chi connectivity index (χ1n) is 13.2. The minimum Gasteiger partial charge on any atom is -0.481 e. The fourth-order valence-electron chi connectivity index (χ4n) is 5.22. The number of rotatable bonds is 10. The molecular weight excluding hydrogens is 530 g/mol. The number of hydrogen-bond donors (Lipinski definition) is 5. The molecule has 9 heteroatoms. The zero-order valence-corrected chi connectivity index (χ0v) is 23.3. The summed E-state index contributed by atoms with van der Waals surface area (Å²) >= 11 is 6.59. The van der Waals surface area contributed by atoms with Crippen LogP contribution in [0.2, 0.25) is 5.02 Å². The lowest BCUT2D eigenvalue weighted by atomic mass is 9.81. The minimum absolute atomic E-state index is 0.169. The summed E-state index contributed by atoms with van der Waals surface area (Å²) < 4.78 is 0. The number of carbonyl (C=O) groups excluding carboxylic acids is 1. The van der Waals surface area contributed by atoms with Gasteiger partial charge in [-0.25, -0.2) is 0 Å². The van der Waals surface area contributed by atoms with Gasteiger partial charge in [0.2, 0.25) is 0 Å². The molecule has 1 aliphatic rings. The van der Waals surface area contributed by atoms with Gasteiger partial charge in [-0.2, -0.15) is 0 Å². The van der Waals surface area contributed by atoms with Crippen molar-refractivity contribution in [1.29, 1.82) is 0 Å². The van der Waals surface area contributed by atoms with Crippen molar-refractivity contribution in [3.8, 4) is 0 Å². The summed E-state index contributed by atoms with van der Waals surface area (Å²) in [6.07, 6.45) is 0.152. The van der Waals surface area contributed by atoms with Gasteiger partial charge in [-0.1, -0.05) is 60.1 Å². The number of hydrogen-bond acceptors (Lipinski definition) is 5. The molecule has 1 heterocycles. The summed E-state index contributed by atoms with van der Waals surface area (Å²) in [7, 11) is 0. The molecule has 3 aromatic rings. The number of benzene rings is 3. The largest absolute Gasteiger partial charge is 0.481 e. The van der Waals surface area contributed by atoms with Crippen molar-refractivity contribution < 1.29 is 24.6 Å². The van der Waals surface area contributed by atoms with Gasteiger partial charge in [-0.15, -0.1) is 0 Å². The Morgan fingerprint density at radius 2 is 1.73 bits per heavy atom. The van der Waals surface area contributed by atoms with E-state index in [4.69, 9.17) is 11.6 Å². The van der Waals surface area contributed by atoms with Crippen LogP contribution >= 0.6 is 11.6 Å². The number of anilines is 1. The Labute approximate surface area is 238 Å². The molecule has 2 atom stereocenters. The lowest BCUT2D eigenvalue weighted by molar-refractivity contribution is -0.149. The van der Waals surface area contributed by atoms with E-state index in [0.29, 0.717) is 42.3 Å². The Morgan fingerprint density at radius 3 is 2.38 bits per heavy atom. The van der Waals surface area contributed by atoms with Crippen LogP contribution in [0.15, 0.2) is 66.7 Å². The summed E-state index contributed by atoms with van der Waals surface area (Å²) in [4.78, 5) is 36.3. The molecule has 1 amide bonds. The van der Waals surface area contributed by atoms with Crippen LogP contribution in [0, 0.1) is 5.92 Å². The van der Waals surface area contributed by atoms with E-state index >= 15 is 0 Å². The normalized spacial score (nSPS) is 15.8. The Hall–Kier alpha value is -3.88. The van der Waals surface area contributed by atoms with E-state index in [0.717, 1.165) is 22.3 Å². The van der Waals surface area contributed by atoms with E-state index in [2.05, 4.69) is 16.0 Å². The second-order valence-electron chi connectivity index (χ2n) is 10.6. The first-order valence-corrected chi connectivity index (χ1v) is 13.6. The van der Waals surface area contributed by atoms with Crippen molar-refractivity contribution in [2.75, 3.05) is 18.4 Å². The van der Waals surface area contributed by atoms with Gasteiger partial charge in [0.05, 0.1) is 28.6 Å². The maximum atomic E-state index is 12.9. The van der Waals surface area contributed by atoms with Crippen molar-refractivity contribution in [3.63, 3.8) is 0 Å². The maximum absolute atomic E-state index is 12.9. The van der Waals surface area contributed by atoms with E-state index in [-0.39, 0.29) is 5.91 Å². The highest BCUT2D eigenvalue weighted by Gasteiger charge is 2.34. The maximum Gasteiger partial charge on any atom is 0.307 e. The van der Waals surface area contributed by atoms with Crippen LogP contribution in [0.1, 0.15) is 58.8 Å². The Kier molecular flexibility index (Phi) is 9.12. The summed E-state index contributed by atoms with van der Waals surface area (Å²) in [5, 5.41) is 29.3. The molecule has 40 heavy (non-hydrogen) atoms. The number of amides is 1. The molecule has 0 saturated heterocycles. The number of carbonyl (C=O) groups is 3. The van der Waals surface area contributed by atoms with Crippen molar-refractivity contribution in [1.82, 2.24) is 10.6 Å². The molecule has 8 nitrogen and oxygen atoms in total. The second kappa shape index (κ2) is 12.5. The zero-order chi connectivity index (χ0) is 28.9. The predicted octanol–water partition coefficient (Wildman–Crippen LogP) is 5.02. The fraction of sp³-hybridized carbons (Fsp3) is 0.323. The van der Waals surface area contributed by atoms with E-state index in [1.807, 2.05) is 62.4 Å². The standard InChI is InChI=1S/C31H34ClN3O5/c1-31(2,21-6-4-3-5-7-21)35-29(38)20-10-8-19(9-11-20)17-34-28-23-14-15-33-18-25(22(23)12-13-26(28)32)24(30(39)40)16-27(36)37/h3-13,24-25,33-34H,14-18H2,1-2H3,(H,35,38)(H,36,37)(H,39,40). The smallest absolute Gasteiger partial charge is 0.307 e. The number of nitrogens with one attached hydrogen (secondary N) is 3. The molecule has 0 aromatic heterocycles.